The monoisotopic (exact) mass is 238 g/mol. The molecule has 0 radical (unpaired) electrons. The summed E-state index contributed by atoms with van der Waals surface area (Å²) in [6, 6.07) is 0. The van der Waals surface area contributed by atoms with E-state index in [1.54, 1.807) is 0 Å². The number of nitrogens with one attached hydrogen (secondary N) is 1. The van der Waals surface area contributed by atoms with Crippen LogP contribution in [-0.2, 0) is 14.5 Å². The van der Waals surface area contributed by atoms with E-state index in [0.29, 0.717) is 43.3 Å². The van der Waals surface area contributed by atoms with Crippen LogP contribution in [0.15, 0.2) is 4.36 Å². The minimum absolute atomic E-state index is 0.266. The summed E-state index contributed by atoms with van der Waals surface area (Å²) in [7, 11) is -2.25. The molecule has 0 saturated carbocycles. The van der Waals surface area contributed by atoms with Gasteiger partial charge >= 0.3 is 0 Å². The summed E-state index contributed by atoms with van der Waals surface area (Å²) in [4.78, 5) is 11.3. The molecule has 0 unspecified atom stereocenters. The van der Waals surface area contributed by atoms with Crippen LogP contribution in [0.4, 0.5) is 0 Å². The Labute approximate surface area is 89.6 Å². The van der Waals surface area contributed by atoms with E-state index >= 15 is 0 Å². The summed E-state index contributed by atoms with van der Waals surface area (Å²) in [5, 5.41) is 3.08. The van der Waals surface area contributed by atoms with E-state index in [0.717, 1.165) is 0 Å². The lowest BCUT2D eigenvalue weighted by atomic mass is 10.3. The van der Waals surface area contributed by atoms with Crippen LogP contribution < -0.4 is 5.32 Å². The van der Waals surface area contributed by atoms with Crippen molar-refractivity contribution in [3.8, 4) is 0 Å². The van der Waals surface area contributed by atoms with Gasteiger partial charge in [-0.3, -0.25) is 4.79 Å². The van der Waals surface area contributed by atoms with Gasteiger partial charge in [-0.25, -0.2) is 4.21 Å². The van der Waals surface area contributed by atoms with Gasteiger partial charge in [-0.2, -0.15) is 4.36 Å². The van der Waals surface area contributed by atoms with Crippen molar-refractivity contribution in [1.29, 1.82) is 0 Å². The first-order valence-electron chi connectivity index (χ1n) is 4.68. The first-order chi connectivity index (χ1) is 6.66. The van der Waals surface area contributed by atoms with Gasteiger partial charge in [0.15, 0.2) is 0 Å². The molecule has 0 aromatic heterocycles. The molecule has 4 nitrogen and oxygen atoms in total. The lowest BCUT2D eigenvalue weighted by molar-refractivity contribution is -0.117. The maximum Gasteiger partial charge on any atom is 0.253 e. The first kappa shape index (κ1) is 11.9. The van der Waals surface area contributed by atoms with Crippen LogP contribution in [-0.4, -0.2) is 40.6 Å². The Kier molecular flexibility index (Phi) is 4.84. The van der Waals surface area contributed by atoms with Crippen LogP contribution in [0.2, 0.25) is 0 Å². The second kappa shape index (κ2) is 5.68. The van der Waals surface area contributed by atoms with Gasteiger partial charge in [0.05, 0.1) is 9.73 Å². The van der Waals surface area contributed by atoms with Gasteiger partial charge in [0.2, 0.25) is 0 Å². The topological polar surface area (TPSA) is 58.5 Å². The van der Waals surface area contributed by atoms with Gasteiger partial charge in [-0.1, -0.05) is 0 Å². The summed E-state index contributed by atoms with van der Waals surface area (Å²) in [5.74, 6) is 1.15. The molecule has 1 aliphatic heterocycles. The highest BCUT2D eigenvalue weighted by Crippen LogP contribution is 2.03. The number of carbonyl (C=O) groups excluding carboxylic acids is 1. The molecule has 82 valence electrons. The number of rotatable bonds is 3. The Balaban J connectivity index is 2.56. The van der Waals surface area contributed by atoms with Gasteiger partial charge in [0, 0.05) is 36.9 Å². The highest BCUT2D eigenvalue weighted by molar-refractivity contribution is 7.94. The Hall–Kier alpha value is -0.130. The Morgan fingerprint density at radius 3 is 2.64 bits per heavy atom. The van der Waals surface area contributed by atoms with Crippen LogP contribution in [0.1, 0.15) is 12.8 Å². The lowest BCUT2D eigenvalue weighted by Crippen LogP contribution is -2.36. The predicted octanol–water partition coefficient (Wildman–Crippen LogP) is 0.603. The molecule has 1 N–H and O–H groups in total. The van der Waals surface area contributed by atoms with E-state index < -0.39 is 9.73 Å². The molecule has 1 heterocycles. The molecule has 6 heteroatoms. The van der Waals surface area contributed by atoms with Gasteiger partial charge in [-0.15, -0.1) is 11.6 Å². The number of alkyl halides is 1. The molecule has 0 aromatic carbocycles. The number of amides is 1. The molecule has 0 aromatic rings. The van der Waals surface area contributed by atoms with E-state index in [4.69, 9.17) is 11.6 Å². The van der Waals surface area contributed by atoms with Gasteiger partial charge in [0.1, 0.15) is 0 Å². The molecule has 1 amide bonds. The Morgan fingerprint density at radius 2 is 2.07 bits per heavy atom. The van der Waals surface area contributed by atoms with E-state index in [9.17, 15) is 9.00 Å². The van der Waals surface area contributed by atoms with E-state index in [1.807, 2.05) is 0 Å². The van der Waals surface area contributed by atoms with Crippen molar-refractivity contribution in [3.63, 3.8) is 0 Å². The third-order valence-corrected chi connectivity index (χ3v) is 4.48. The van der Waals surface area contributed by atoms with Gasteiger partial charge in [-0.05, 0) is 6.42 Å². The minimum Gasteiger partial charge on any atom is -0.315 e. The first-order valence-corrected chi connectivity index (χ1v) is 7.07. The van der Waals surface area contributed by atoms with Crippen molar-refractivity contribution in [2.75, 3.05) is 30.5 Å². The highest BCUT2D eigenvalue weighted by atomic mass is 35.5. The maximum absolute atomic E-state index is 11.9. The van der Waals surface area contributed by atoms with Crippen LogP contribution in [0.3, 0.4) is 0 Å². The molecule has 1 rings (SSSR count). The number of carbonyl (C=O) groups is 1. The lowest BCUT2D eigenvalue weighted by Gasteiger charge is -2.15. The highest BCUT2D eigenvalue weighted by Gasteiger charge is 2.15. The summed E-state index contributed by atoms with van der Waals surface area (Å²) in [6.45, 7) is 1.37. The fraction of sp³-hybridized carbons (Fsp3) is 0.875. The third-order valence-electron chi connectivity index (χ3n) is 1.99. The number of hydrogen-bond donors (Lipinski definition) is 1. The quantitative estimate of drug-likeness (QED) is 0.733. The van der Waals surface area contributed by atoms with Crippen molar-refractivity contribution in [1.82, 2.24) is 5.32 Å². The zero-order valence-corrected chi connectivity index (χ0v) is 9.57. The largest absolute Gasteiger partial charge is 0.315 e. The summed E-state index contributed by atoms with van der Waals surface area (Å²) in [5.41, 5.74) is 0. The third kappa shape index (κ3) is 3.94. The Morgan fingerprint density at radius 1 is 1.43 bits per heavy atom. The van der Waals surface area contributed by atoms with Crippen LogP contribution in [0.25, 0.3) is 0 Å². The molecule has 1 aliphatic rings. The average molecular weight is 239 g/mol. The molecule has 0 spiro atoms. The average Bonchev–Trinajstić information content (AvgIpc) is 2.15. The normalized spacial score (nSPS) is 20.4. The second-order valence-corrected chi connectivity index (χ2v) is 6.13. The van der Waals surface area contributed by atoms with Crippen LogP contribution >= 0.6 is 11.6 Å². The van der Waals surface area contributed by atoms with Crippen molar-refractivity contribution in [3.05, 3.63) is 0 Å². The molecular formula is C8H15ClN2O2S. The number of halogens is 1. The molecule has 0 aliphatic carbocycles. The number of nitrogens with zero attached hydrogens (tertiary/aromatic N) is 1. The van der Waals surface area contributed by atoms with Crippen molar-refractivity contribution < 1.29 is 9.00 Å². The molecule has 1 fully saturated rings. The fourth-order valence-corrected chi connectivity index (χ4v) is 3.14. The van der Waals surface area contributed by atoms with Crippen LogP contribution in [0.5, 0.6) is 0 Å². The van der Waals surface area contributed by atoms with Crippen LogP contribution in [0, 0.1) is 0 Å². The molecule has 0 bridgehead atoms. The Bertz CT molecular complexity index is 298. The molecular weight excluding hydrogens is 224 g/mol. The van der Waals surface area contributed by atoms with Gasteiger partial charge < -0.3 is 5.32 Å². The van der Waals surface area contributed by atoms with Crippen molar-refractivity contribution in [2.24, 2.45) is 4.36 Å². The molecule has 14 heavy (non-hydrogen) atoms. The van der Waals surface area contributed by atoms with Gasteiger partial charge in [0.25, 0.3) is 5.91 Å². The number of hydrogen-bond acceptors (Lipinski definition) is 3. The zero-order chi connectivity index (χ0) is 10.4. The molecule has 0 atom stereocenters. The SMILES string of the molecule is O=C(CCCCl)N=S1(=O)CCNCC1. The summed E-state index contributed by atoms with van der Waals surface area (Å²) >= 11 is 5.45. The fourth-order valence-electron chi connectivity index (χ4n) is 1.23. The smallest absolute Gasteiger partial charge is 0.253 e. The summed E-state index contributed by atoms with van der Waals surface area (Å²) < 4.78 is 15.7. The van der Waals surface area contributed by atoms with E-state index in [2.05, 4.69) is 9.68 Å². The minimum atomic E-state index is -2.25. The second-order valence-electron chi connectivity index (χ2n) is 3.21. The maximum atomic E-state index is 11.9. The molecule has 1 saturated heterocycles. The van der Waals surface area contributed by atoms with E-state index in [1.165, 1.54) is 0 Å². The van der Waals surface area contributed by atoms with Crippen molar-refractivity contribution in [2.45, 2.75) is 12.8 Å². The zero-order valence-electron chi connectivity index (χ0n) is 8.00. The van der Waals surface area contributed by atoms with E-state index in [-0.39, 0.29) is 5.91 Å². The van der Waals surface area contributed by atoms with Crippen molar-refractivity contribution >= 4 is 27.2 Å². The standard InChI is InChI=1S/C8H15ClN2O2S/c9-3-1-2-8(12)11-14(13)6-4-10-5-7-14/h10H,1-7H2. The predicted molar refractivity (Wildman–Crippen MR) is 58.1 cm³/mol. The summed E-state index contributed by atoms with van der Waals surface area (Å²) in [6.07, 6.45) is 0.922.